The van der Waals surface area contributed by atoms with Gasteiger partial charge < -0.3 is 21.1 Å². The third-order valence-corrected chi connectivity index (χ3v) is 5.38. The summed E-state index contributed by atoms with van der Waals surface area (Å²) in [5.41, 5.74) is 7.17. The zero-order valence-electron chi connectivity index (χ0n) is 16.4. The number of hydrogen-bond acceptors (Lipinski definition) is 3. The van der Waals surface area contributed by atoms with Gasteiger partial charge in [-0.3, -0.25) is 4.79 Å². The zero-order chi connectivity index (χ0) is 21.0. The Labute approximate surface area is 175 Å². The van der Waals surface area contributed by atoms with E-state index in [0.717, 1.165) is 24.8 Å². The van der Waals surface area contributed by atoms with Gasteiger partial charge in [0.25, 0.3) is 5.91 Å². The van der Waals surface area contributed by atoms with Crippen LogP contribution < -0.4 is 21.1 Å². The fraction of sp³-hybridized carbons (Fsp3) is 0.167. The molecule has 0 aliphatic heterocycles. The van der Waals surface area contributed by atoms with Crippen molar-refractivity contribution in [2.75, 3.05) is 5.32 Å². The third-order valence-electron chi connectivity index (χ3n) is 5.38. The lowest BCUT2D eigenvalue weighted by Gasteiger charge is -2.43. The lowest BCUT2D eigenvalue weighted by molar-refractivity contribution is 0.0998. The molecule has 1 aliphatic rings. The number of primary amides is 1. The highest BCUT2D eigenvalue weighted by atomic mass is 16.5. The number of anilines is 1. The van der Waals surface area contributed by atoms with Gasteiger partial charge in [-0.1, -0.05) is 42.5 Å². The van der Waals surface area contributed by atoms with Crippen molar-refractivity contribution in [3.8, 4) is 11.5 Å². The molecule has 4 N–H and O–H groups in total. The number of benzene rings is 3. The monoisotopic (exact) mass is 401 g/mol. The minimum Gasteiger partial charge on any atom is -0.457 e. The van der Waals surface area contributed by atoms with E-state index in [0.29, 0.717) is 22.7 Å². The Balaban J connectivity index is 1.40. The quantitative estimate of drug-likeness (QED) is 0.555. The Morgan fingerprint density at radius 2 is 1.53 bits per heavy atom. The van der Waals surface area contributed by atoms with Gasteiger partial charge in [-0.15, -0.1) is 0 Å². The van der Waals surface area contributed by atoms with Crippen LogP contribution in [0.4, 0.5) is 10.5 Å². The first kappa shape index (κ1) is 19.5. The molecule has 0 aromatic heterocycles. The van der Waals surface area contributed by atoms with Gasteiger partial charge in [0.1, 0.15) is 11.5 Å². The summed E-state index contributed by atoms with van der Waals surface area (Å²) in [6.45, 7) is 0. The number of amides is 3. The highest BCUT2D eigenvalue weighted by Gasteiger charge is 2.39. The Hall–Kier alpha value is -3.80. The van der Waals surface area contributed by atoms with Gasteiger partial charge in [0.05, 0.1) is 11.1 Å². The van der Waals surface area contributed by atoms with Crippen LogP contribution in [0.15, 0.2) is 78.9 Å². The summed E-state index contributed by atoms with van der Waals surface area (Å²) < 4.78 is 5.77. The molecule has 3 aromatic carbocycles. The second kappa shape index (κ2) is 8.29. The highest BCUT2D eigenvalue weighted by Crippen LogP contribution is 2.41. The van der Waals surface area contributed by atoms with E-state index in [1.165, 1.54) is 0 Å². The number of nitrogens with two attached hydrogens (primary N) is 1. The van der Waals surface area contributed by atoms with Crippen molar-refractivity contribution < 1.29 is 14.3 Å². The lowest BCUT2D eigenvalue weighted by Crippen LogP contribution is -2.52. The minimum absolute atomic E-state index is 0.244. The molecule has 152 valence electrons. The number of urea groups is 1. The number of para-hydroxylation sites is 1. The first-order chi connectivity index (χ1) is 14.6. The normalized spacial score (nSPS) is 14.3. The molecule has 3 amide bonds. The number of ether oxygens (including phenoxy) is 1. The molecule has 0 heterocycles. The minimum atomic E-state index is -0.552. The average molecular weight is 401 g/mol. The van der Waals surface area contributed by atoms with Gasteiger partial charge in [-0.25, -0.2) is 4.79 Å². The summed E-state index contributed by atoms with van der Waals surface area (Å²) in [5.74, 6) is 0.372. The zero-order valence-corrected chi connectivity index (χ0v) is 16.4. The maximum atomic E-state index is 12.6. The van der Waals surface area contributed by atoms with Gasteiger partial charge in [0.15, 0.2) is 0 Å². The second-order valence-electron chi connectivity index (χ2n) is 7.37. The summed E-state index contributed by atoms with van der Waals surface area (Å²) in [6, 6.07) is 23.5. The Kier molecular flexibility index (Phi) is 5.39. The summed E-state index contributed by atoms with van der Waals surface area (Å²) in [4.78, 5) is 24.1. The van der Waals surface area contributed by atoms with Gasteiger partial charge in [-0.05, 0) is 61.2 Å². The van der Waals surface area contributed by atoms with Crippen molar-refractivity contribution in [1.82, 2.24) is 5.32 Å². The van der Waals surface area contributed by atoms with Gasteiger partial charge >= 0.3 is 6.03 Å². The maximum Gasteiger partial charge on any atom is 0.319 e. The Morgan fingerprint density at radius 3 is 2.17 bits per heavy atom. The van der Waals surface area contributed by atoms with E-state index in [4.69, 9.17) is 10.5 Å². The topological polar surface area (TPSA) is 93.5 Å². The summed E-state index contributed by atoms with van der Waals surface area (Å²) in [5, 5.41) is 6.01. The van der Waals surface area contributed by atoms with Crippen molar-refractivity contribution in [3.63, 3.8) is 0 Å². The number of rotatable bonds is 6. The first-order valence-electron chi connectivity index (χ1n) is 9.87. The van der Waals surface area contributed by atoms with Crippen LogP contribution in [0.25, 0.3) is 0 Å². The van der Waals surface area contributed by atoms with Crippen LogP contribution in [0.1, 0.15) is 35.2 Å². The van der Waals surface area contributed by atoms with E-state index in [2.05, 4.69) is 22.8 Å². The van der Waals surface area contributed by atoms with Crippen molar-refractivity contribution in [2.24, 2.45) is 5.73 Å². The molecule has 0 radical (unpaired) electrons. The molecule has 1 saturated carbocycles. The predicted octanol–water partition coefficient (Wildman–Crippen LogP) is 4.78. The molecule has 0 saturated heterocycles. The van der Waals surface area contributed by atoms with Crippen LogP contribution in [0.2, 0.25) is 0 Å². The van der Waals surface area contributed by atoms with Crippen LogP contribution >= 0.6 is 0 Å². The van der Waals surface area contributed by atoms with Gasteiger partial charge in [0.2, 0.25) is 0 Å². The molecule has 0 bridgehead atoms. The molecule has 0 atom stereocenters. The SMILES string of the molecule is NC(=O)c1ccccc1Oc1ccc(NC(=O)NC2(c3ccccc3)CCC2)cc1. The number of carbonyl (C=O) groups excluding carboxylic acids is 2. The van der Waals surface area contributed by atoms with E-state index in [-0.39, 0.29) is 11.6 Å². The van der Waals surface area contributed by atoms with E-state index < -0.39 is 5.91 Å². The van der Waals surface area contributed by atoms with Crippen LogP contribution in [0.3, 0.4) is 0 Å². The molecule has 1 fully saturated rings. The molecule has 6 nitrogen and oxygen atoms in total. The number of carbonyl (C=O) groups is 2. The highest BCUT2D eigenvalue weighted by molar-refractivity contribution is 5.95. The molecule has 1 aliphatic carbocycles. The standard InChI is InChI=1S/C24H23N3O3/c25-22(28)20-9-4-5-10-21(20)30-19-13-11-18(12-14-19)26-23(29)27-24(15-6-16-24)17-7-2-1-3-8-17/h1-5,7-14H,6,15-16H2,(H2,25,28)(H2,26,27,29). The summed E-state index contributed by atoms with van der Waals surface area (Å²) >= 11 is 0. The molecular weight excluding hydrogens is 378 g/mol. The number of nitrogens with one attached hydrogen (secondary N) is 2. The molecule has 30 heavy (non-hydrogen) atoms. The molecular formula is C24H23N3O3. The smallest absolute Gasteiger partial charge is 0.319 e. The van der Waals surface area contributed by atoms with E-state index >= 15 is 0 Å². The summed E-state index contributed by atoms with van der Waals surface area (Å²) in [7, 11) is 0. The third kappa shape index (κ3) is 4.12. The first-order valence-corrected chi connectivity index (χ1v) is 9.87. The van der Waals surface area contributed by atoms with Crippen molar-refractivity contribution in [1.29, 1.82) is 0 Å². The maximum absolute atomic E-state index is 12.6. The predicted molar refractivity (Wildman–Crippen MR) is 116 cm³/mol. The van der Waals surface area contributed by atoms with Crippen molar-refractivity contribution in [2.45, 2.75) is 24.8 Å². The van der Waals surface area contributed by atoms with Crippen LogP contribution in [0.5, 0.6) is 11.5 Å². The van der Waals surface area contributed by atoms with E-state index in [1.54, 1.807) is 48.5 Å². The van der Waals surface area contributed by atoms with Crippen molar-refractivity contribution >= 4 is 17.6 Å². The molecule has 4 rings (SSSR count). The largest absolute Gasteiger partial charge is 0.457 e. The fourth-order valence-electron chi connectivity index (χ4n) is 3.65. The molecule has 6 heteroatoms. The Bertz CT molecular complexity index is 1040. The van der Waals surface area contributed by atoms with Gasteiger partial charge in [0, 0.05) is 5.69 Å². The van der Waals surface area contributed by atoms with E-state index in [1.807, 2.05) is 18.2 Å². The fourth-order valence-corrected chi connectivity index (χ4v) is 3.65. The molecule has 0 spiro atoms. The van der Waals surface area contributed by atoms with Gasteiger partial charge in [-0.2, -0.15) is 0 Å². The molecule has 3 aromatic rings. The summed E-state index contributed by atoms with van der Waals surface area (Å²) in [6.07, 6.45) is 2.95. The lowest BCUT2D eigenvalue weighted by atomic mass is 9.72. The average Bonchev–Trinajstić information content (AvgIpc) is 2.73. The van der Waals surface area contributed by atoms with Crippen LogP contribution in [-0.4, -0.2) is 11.9 Å². The van der Waals surface area contributed by atoms with Crippen LogP contribution in [-0.2, 0) is 5.54 Å². The van der Waals surface area contributed by atoms with E-state index in [9.17, 15) is 9.59 Å². The Morgan fingerprint density at radius 1 is 0.867 bits per heavy atom. The second-order valence-corrected chi connectivity index (χ2v) is 7.37. The van der Waals surface area contributed by atoms with Crippen LogP contribution in [0, 0.1) is 0 Å². The molecule has 0 unspecified atom stereocenters. The van der Waals surface area contributed by atoms with Crippen molar-refractivity contribution in [3.05, 3.63) is 90.0 Å². The number of hydrogen-bond donors (Lipinski definition) is 3.